The lowest BCUT2D eigenvalue weighted by atomic mass is 10.1. The number of ether oxygens (including phenoxy) is 3. The first-order valence-corrected chi connectivity index (χ1v) is 10.2. The van der Waals surface area contributed by atoms with E-state index in [9.17, 15) is 14.4 Å². The van der Waals surface area contributed by atoms with Crippen LogP contribution in [0.25, 0.3) is 0 Å². The van der Waals surface area contributed by atoms with Gasteiger partial charge in [0.1, 0.15) is 18.7 Å². The van der Waals surface area contributed by atoms with E-state index in [0.29, 0.717) is 19.6 Å². The van der Waals surface area contributed by atoms with Crippen molar-refractivity contribution in [2.75, 3.05) is 13.2 Å². The maximum Gasteiger partial charge on any atom is 0.410 e. The van der Waals surface area contributed by atoms with Gasteiger partial charge >= 0.3 is 12.1 Å². The molecule has 0 bridgehead atoms. The van der Waals surface area contributed by atoms with E-state index in [1.165, 1.54) is 4.90 Å². The lowest BCUT2D eigenvalue weighted by Crippen LogP contribution is -2.51. The molecule has 8 heteroatoms. The molecule has 0 radical (unpaired) electrons. The summed E-state index contributed by atoms with van der Waals surface area (Å²) in [6, 6.07) is 8.22. The molecule has 0 saturated carbocycles. The Morgan fingerprint density at radius 1 is 1.28 bits per heavy atom. The number of cyclic esters (lactones) is 1. The summed E-state index contributed by atoms with van der Waals surface area (Å²) in [5.41, 5.74) is 0.884. The SMILES string of the molecule is CCCCOC1OC(=O)C[C@@H]1NC(=O)[C@@H]1CCCN1C(=O)OCc1ccccc1. The minimum Gasteiger partial charge on any atom is -0.445 e. The Morgan fingerprint density at radius 3 is 2.83 bits per heavy atom. The Bertz CT molecular complexity index is 710. The number of likely N-dealkylation sites (tertiary alicyclic amines) is 1. The first-order chi connectivity index (χ1) is 14.1. The molecule has 1 aromatic rings. The summed E-state index contributed by atoms with van der Waals surface area (Å²) in [5, 5.41) is 2.83. The summed E-state index contributed by atoms with van der Waals surface area (Å²) in [6.07, 6.45) is 1.84. The van der Waals surface area contributed by atoms with Crippen molar-refractivity contribution in [1.29, 1.82) is 0 Å². The van der Waals surface area contributed by atoms with Gasteiger partial charge in [-0.2, -0.15) is 0 Å². The third-order valence-corrected chi connectivity index (χ3v) is 5.07. The Morgan fingerprint density at radius 2 is 2.07 bits per heavy atom. The Kier molecular flexibility index (Phi) is 7.46. The summed E-state index contributed by atoms with van der Waals surface area (Å²) in [4.78, 5) is 38.4. The molecule has 2 aliphatic heterocycles. The zero-order valence-corrected chi connectivity index (χ0v) is 16.7. The van der Waals surface area contributed by atoms with E-state index >= 15 is 0 Å². The minimum absolute atomic E-state index is 0.0632. The van der Waals surface area contributed by atoms with Crippen LogP contribution in [0.15, 0.2) is 30.3 Å². The zero-order chi connectivity index (χ0) is 20.6. The average Bonchev–Trinajstić information content (AvgIpc) is 3.34. The lowest BCUT2D eigenvalue weighted by molar-refractivity contribution is -0.165. The van der Waals surface area contributed by atoms with Gasteiger partial charge in [0.15, 0.2) is 0 Å². The van der Waals surface area contributed by atoms with E-state index in [1.54, 1.807) is 0 Å². The number of amides is 2. The number of benzene rings is 1. The van der Waals surface area contributed by atoms with Crippen molar-refractivity contribution >= 4 is 18.0 Å². The monoisotopic (exact) mass is 404 g/mol. The van der Waals surface area contributed by atoms with E-state index in [-0.39, 0.29) is 18.9 Å². The molecule has 2 fully saturated rings. The van der Waals surface area contributed by atoms with Gasteiger partial charge in [-0.3, -0.25) is 14.5 Å². The molecule has 158 valence electrons. The molecular weight excluding hydrogens is 376 g/mol. The smallest absolute Gasteiger partial charge is 0.410 e. The minimum atomic E-state index is -0.780. The van der Waals surface area contributed by atoms with Crippen LogP contribution in [0, 0.1) is 0 Å². The molecule has 1 unspecified atom stereocenters. The number of carbonyl (C=O) groups is 3. The maximum atomic E-state index is 12.8. The molecule has 0 aromatic heterocycles. The fourth-order valence-electron chi connectivity index (χ4n) is 3.49. The highest BCUT2D eigenvalue weighted by atomic mass is 16.7. The molecule has 3 atom stereocenters. The van der Waals surface area contributed by atoms with Crippen LogP contribution in [-0.2, 0) is 30.4 Å². The predicted molar refractivity (Wildman–Crippen MR) is 104 cm³/mol. The van der Waals surface area contributed by atoms with Crippen molar-refractivity contribution in [2.24, 2.45) is 0 Å². The van der Waals surface area contributed by atoms with Gasteiger partial charge in [-0.25, -0.2) is 4.79 Å². The topological polar surface area (TPSA) is 94.2 Å². The molecule has 2 amide bonds. The second-order valence-electron chi connectivity index (χ2n) is 7.29. The fourth-order valence-corrected chi connectivity index (χ4v) is 3.49. The summed E-state index contributed by atoms with van der Waals surface area (Å²) in [7, 11) is 0. The third kappa shape index (κ3) is 5.69. The first-order valence-electron chi connectivity index (χ1n) is 10.2. The van der Waals surface area contributed by atoms with E-state index in [4.69, 9.17) is 14.2 Å². The number of esters is 1. The highest BCUT2D eigenvalue weighted by Gasteiger charge is 2.41. The highest BCUT2D eigenvalue weighted by molar-refractivity contribution is 5.87. The van der Waals surface area contributed by atoms with E-state index in [2.05, 4.69) is 5.32 Å². The molecular formula is C21H28N2O6. The Balaban J connectivity index is 1.53. The molecule has 2 heterocycles. The molecule has 1 N–H and O–H groups in total. The predicted octanol–water partition coefficient (Wildman–Crippen LogP) is 2.36. The van der Waals surface area contributed by atoms with Crippen LogP contribution in [0.4, 0.5) is 4.79 Å². The van der Waals surface area contributed by atoms with Crippen molar-refractivity contribution < 1.29 is 28.6 Å². The molecule has 29 heavy (non-hydrogen) atoms. The van der Waals surface area contributed by atoms with Crippen LogP contribution in [-0.4, -0.2) is 54.4 Å². The second kappa shape index (κ2) is 10.2. The number of nitrogens with zero attached hydrogens (tertiary/aromatic N) is 1. The number of carbonyl (C=O) groups excluding carboxylic acids is 3. The van der Waals surface area contributed by atoms with E-state index < -0.39 is 30.4 Å². The van der Waals surface area contributed by atoms with Gasteiger partial charge in [-0.05, 0) is 24.8 Å². The van der Waals surface area contributed by atoms with Crippen molar-refractivity contribution in [3.8, 4) is 0 Å². The summed E-state index contributed by atoms with van der Waals surface area (Å²) in [6.45, 7) is 3.11. The summed E-state index contributed by atoms with van der Waals surface area (Å²) < 4.78 is 16.1. The van der Waals surface area contributed by atoms with Crippen molar-refractivity contribution in [2.45, 2.75) is 64.0 Å². The molecule has 3 rings (SSSR count). The zero-order valence-electron chi connectivity index (χ0n) is 16.7. The van der Waals surface area contributed by atoms with Gasteiger partial charge < -0.3 is 19.5 Å². The van der Waals surface area contributed by atoms with E-state index in [1.807, 2.05) is 37.3 Å². The van der Waals surface area contributed by atoms with E-state index in [0.717, 1.165) is 24.8 Å². The number of nitrogens with one attached hydrogen (secondary N) is 1. The average molecular weight is 404 g/mol. The van der Waals surface area contributed by atoms with Crippen molar-refractivity contribution in [3.05, 3.63) is 35.9 Å². The number of unbranched alkanes of at least 4 members (excludes halogenated alkanes) is 1. The third-order valence-electron chi connectivity index (χ3n) is 5.07. The maximum absolute atomic E-state index is 12.8. The normalized spacial score (nSPS) is 23.7. The van der Waals surface area contributed by atoms with Crippen molar-refractivity contribution in [3.63, 3.8) is 0 Å². The molecule has 2 aliphatic rings. The van der Waals surface area contributed by atoms with Crippen LogP contribution in [0.5, 0.6) is 0 Å². The largest absolute Gasteiger partial charge is 0.445 e. The van der Waals surface area contributed by atoms with Crippen molar-refractivity contribution in [1.82, 2.24) is 10.2 Å². The van der Waals surface area contributed by atoms with Gasteiger partial charge in [0, 0.05) is 6.54 Å². The first kappa shape index (κ1) is 21.1. The fraction of sp³-hybridized carbons (Fsp3) is 0.571. The number of rotatable bonds is 8. The Labute approximate surface area is 170 Å². The number of hydrogen-bond donors (Lipinski definition) is 1. The summed E-state index contributed by atoms with van der Waals surface area (Å²) in [5.74, 6) is -0.714. The molecule has 0 spiro atoms. The lowest BCUT2D eigenvalue weighted by Gasteiger charge is -2.26. The van der Waals surface area contributed by atoms with Gasteiger partial charge in [0.2, 0.25) is 12.2 Å². The van der Waals surface area contributed by atoms with Crippen LogP contribution in [0.3, 0.4) is 0 Å². The standard InChI is InChI=1S/C21H28N2O6/c1-2-3-12-27-20-16(13-18(24)29-20)22-19(25)17-10-7-11-23(17)21(26)28-14-15-8-5-4-6-9-15/h4-6,8-9,16-17,20H,2-3,7,10-14H2,1H3,(H,22,25)/t16-,17-,20?/m0/s1. The van der Waals surface area contributed by atoms with Crippen LogP contribution >= 0.6 is 0 Å². The summed E-state index contributed by atoms with van der Waals surface area (Å²) >= 11 is 0. The van der Waals surface area contributed by atoms with Crippen LogP contribution in [0.2, 0.25) is 0 Å². The highest BCUT2D eigenvalue weighted by Crippen LogP contribution is 2.22. The second-order valence-corrected chi connectivity index (χ2v) is 7.29. The Hall–Kier alpha value is -2.61. The molecule has 8 nitrogen and oxygen atoms in total. The molecule has 2 saturated heterocycles. The van der Waals surface area contributed by atoms with Gasteiger partial charge in [0.05, 0.1) is 13.0 Å². The quantitative estimate of drug-likeness (QED) is 0.528. The number of hydrogen-bond acceptors (Lipinski definition) is 6. The molecule has 1 aromatic carbocycles. The van der Waals surface area contributed by atoms with Crippen LogP contribution < -0.4 is 5.32 Å². The van der Waals surface area contributed by atoms with Crippen LogP contribution in [0.1, 0.15) is 44.6 Å². The molecule has 0 aliphatic carbocycles. The van der Waals surface area contributed by atoms with Gasteiger partial charge in [-0.15, -0.1) is 0 Å². The van der Waals surface area contributed by atoms with Gasteiger partial charge in [0.25, 0.3) is 0 Å². The van der Waals surface area contributed by atoms with Gasteiger partial charge in [-0.1, -0.05) is 43.7 Å².